The van der Waals surface area contributed by atoms with Gasteiger partial charge in [-0.05, 0) is 10.8 Å². The zero-order valence-electron chi connectivity index (χ0n) is 36.5. The minimum Gasteiger partial charge on any atom is -0.387 e. The number of benzene rings is 8. The van der Waals surface area contributed by atoms with Crippen LogP contribution in [0, 0.1) is 0 Å². The molecule has 8 aromatic carbocycles. The Morgan fingerprint density at radius 3 is 0.797 bits per heavy atom. The van der Waals surface area contributed by atoms with Crippen molar-refractivity contribution in [3.8, 4) is 0 Å². The van der Waals surface area contributed by atoms with E-state index in [1.807, 2.05) is 243 Å². The lowest BCUT2D eigenvalue weighted by atomic mass is 10.2. The van der Waals surface area contributed by atoms with Crippen molar-refractivity contribution in [2.75, 3.05) is 0 Å². The van der Waals surface area contributed by atoms with Gasteiger partial charge in [-0.3, -0.25) is 0 Å². The van der Waals surface area contributed by atoms with Crippen LogP contribution in [-0.2, 0) is 54.5 Å². The monoisotopic (exact) mass is 1040 g/mol. The first-order valence-corrected chi connectivity index (χ1v) is 36.6. The van der Waals surface area contributed by atoms with Gasteiger partial charge in [-0.15, -0.1) is 0 Å². The highest BCUT2D eigenvalue weighted by Gasteiger charge is 2.99. The summed E-state index contributed by atoms with van der Waals surface area (Å²) in [5, 5.41) is 4.29. The molecule has 0 amide bonds. The van der Waals surface area contributed by atoms with E-state index in [9.17, 15) is 0 Å². The Morgan fingerprint density at radius 2 is 0.464 bits per heavy atom. The Morgan fingerprint density at radius 1 is 0.217 bits per heavy atom. The summed E-state index contributed by atoms with van der Waals surface area (Å²) in [6.45, 7) is 0. The van der Waals surface area contributed by atoms with Crippen LogP contribution in [-0.4, -0.2) is 70.2 Å². The van der Waals surface area contributed by atoms with E-state index < -0.39 is 75.0 Å². The maximum Gasteiger partial charge on any atom is 0.523 e. The van der Waals surface area contributed by atoms with E-state index in [4.69, 9.17) is 49.7 Å². The molecule has 9 unspecified atom stereocenters. The fourth-order valence-corrected chi connectivity index (χ4v) is 60.3. The van der Waals surface area contributed by atoms with Crippen LogP contribution in [0.5, 0.6) is 0 Å². The van der Waals surface area contributed by atoms with Crippen molar-refractivity contribution in [2.24, 2.45) is 0 Å². The highest BCUT2D eigenvalue weighted by molar-refractivity contribution is 7.19. The molecule has 7 heterocycles. The zero-order chi connectivity index (χ0) is 45.9. The molecule has 7 fully saturated rings. The average molecular weight is 1050 g/mol. The molecule has 20 heteroatoms. The lowest BCUT2D eigenvalue weighted by Crippen LogP contribution is -3.01. The van der Waals surface area contributed by atoms with Gasteiger partial charge >= 0.3 is 70.2 Å². The van der Waals surface area contributed by atoms with Gasteiger partial charge in [0.25, 0.3) is 0 Å². The molecule has 7 aliphatic heterocycles. The first-order chi connectivity index (χ1) is 33.8. The summed E-state index contributed by atoms with van der Waals surface area (Å²) in [5.74, 6) is 0. The van der Waals surface area contributed by atoms with Crippen LogP contribution in [0.4, 0.5) is 0 Å². The predicted octanol–water partition coefficient (Wildman–Crippen LogP) is 3.61. The van der Waals surface area contributed by atoms with Crippen LogP contribution in [0.3, 0.4) is 0 Å². The third kappa shape index (κ3) is 6.04. The Bertz CT molecular complexity index is 3200. The molecule has 0 aliphatic carbocycles. The van der Waals surface area contributed by atoms with E-state index in [0.717, 1.165) is 5.19 Å². The van der Waals surface area contributed by atoms with Crippen molar-refractivity contribution < 1.29 is 49.7 Å². The highest BCUT2D eigenvalue weighted by atomic mass is 28.6. The highest BCUT2D eigenvalue weighted by Crippen LogP contribution is 2.64. The Kier molecular flexibility index (Phi) is 9.63. The quantitative estimate of drug-likeness (QED) is 0.208. The first kappa shape index (κ1) is 42.9. The van der Waals surface area contributed by atoms with Crippen LogP contribution in [0.2, 0.25) is 0 Å². The predicted molar refractivity (Wildman–Crippen MR) is 270 cm³/mol. The zero-order valence-corrected chi connectivity index (χ0v) is 44.5. The van der Waals surface area contributed by atoms with Crippen LogP contribution in [0.15, 0.2) is 243 Å². The third-order valence-electron chi connectivity index (χ3n) is 13.3. The molecule has 0 aromatic heterocycles. The van der Waals surface area contributed by atoms with Crippen molar-refractivity contribution in [1.82, 2.24) is 0 Å². The second-order valence-corrected chi connectivity index (χ2v) is 41.5. The average Bonchev–Trinajstić information content (AvgIpc) is 3.47. The van der Waals surface area contributed by atoms with E-state index in [-0.39, 0.29) is 0 Å². The fourth-order valence-electron chi connectivity index (χ4n) is 10.3. The standard InChI is InChI=1S/C49H40O12Si8/c1-9-25-41(26-10-1)49-50-63(43-29-13-3-14-30-43)53-65(45-33-17-5-18-34-45)55-64(44-31-15-4-16-32-44)51-62(49,42-27-11-2-12-28-42)52-69(49)60-67(54-63,47-37-21-7-22-38-47)58-66(57-65,46-35-19-6-20-36-46)59-68(56-64,61-69)48-39-23-8-24-40-48/h1-40H. The normalized spacial score (nSPS) is 35.9. The molecule has 69 heavy (non-hydrogen) atoms. The maximum absolute atomic E-state index is 8.47. The molecule has 0 radical (unpaired) electrons. The molecule has 8 aromatic rings. The van der Waals surface area contributed by atoms with Crippen LogP contribution in [0.1, 0.15) is 5.56 Å². The minimum absolute atomic E-state index is 0.580. The molecule has 8 bridgehead atoms. The second kappa shape index (κ2) is 15.5. The van der Waals surface area contributed by atoms with Gasteiger partial charge in [0.15, 0.2) is 4.85 Å². The van der Waals surface area contributed by atoms with Crippen molar-refractivity contribution in [3.63, 3.8) is 0 Å². The van der Waals surface area contributed by atoms with Gasteiger partial charge in [0, 0.05) is 31.1 Å². The molecule has 7 saturated heterocycles. The number of hydrogen-bond donors (Lipinski definition) is 0. The summed E-state index contributed by atoms with van der Waals surface area (Å²) in [6.07, 6.45) is 0. The summed E-state index contributed by atoms with van der Waals surface area (Å²) in [6, 6.07) is 78.2. The Hall–Kier alpha value is -4.98. The van der Waals surface area contributed by atoms with E-state index in [0.29, 0.717) is 36.7 Å². The molecular formula is C49H40O12Si8. The summed E-state index contributed by atoms with van der Waals surface area (Å²) in [4.78, 5) is -1.73. The topological polar surface area (TPSA) is 111 Å². The largest absolute Gasteiger partial charge is 0.523 e. The fraction of sp³-hybridized carbons (Fsp3) is 0.0204. The molecule has 12 nitrogen and oxygen atoms in total. The van der Waals surface area contributed by atoms with Gasteiger partial charge in [0.05, 0.1) is 0 Å². The summed E-state index contributed by atoms with van der Waals surface area (Å²) in [5.41, 5.74) is 0.686. The van der Waals surface area contributed by atoms with E-state index in [2.05, 4.69) is 0 Å². The SMILES string of the molecule is c1ccc(C23O[Si]4(c5ccccc5)O[Si]5(c6ccccc6)O[Si]6(c7ccccc7)O[Si](c7ccccc7)(O4)O[Si]24O[Si](c2ccccc2)(O6)O[Si](c2ccccc2)(O5)O[Si]3(c2ccccc2)O4)cc1. The molecule has 340 valence electrons. The minimum atomic E-state index is -4.81. The van der Waals surface area contributed by atoms with Crippen LogP contribution < -0.4 is 36.3 Å². The molecule has 15 rings (SSSR count). The summed E-state index contributed by atoms with van der Waals surface area (Å²) >= 11 is 0. The van der Waals surface area contributed by atoms with Crippen molar-refractivity contribution in [3.05, 3.63) is 248 Å². The van der Waals surface area contributed by atoms with Crippen molar-refractivity contribution >= 4 is 106 Å². The number of fused-ring (bicyclic) bond motifs is 2. The maximum atomic E-state index is 8.47. The molecular weight excluding hydrogens is 1010 g/mol. The van der Waals surface area contributed by atoms with E-state index in [1.165, 1.54) is 0 Å². The number of hydrogen-bond acceptors (Lipinski definition) is 12. The van der Waals surface area contributed by atoms with Gasteiger partial charge in [-0.1, -0.05) is 243 Å². The Labute approximate surface area is 406 Å². The van der Waals surface area contributed by atoms with Crippen molar-refractivity contribution in [1.29, 1.82) is 0 Å². The summed E-state index contributed by atoms with van der Waals surface area (Å²) < 4.78 is 98.4. The van der Waals surface area contributed by atoms with Gasteiger partial charge in [-0.25, -0.2) is 0 Å². The second-order valence-electron chi connectivity index (χ2n) is 17.3. The molecule has 9 atom stereocenters. The van der Waals surface area contributed by atoms with Crippen LogP contribution >= 0.6 is 0 Å². The van der Waals surface area contributed by atoms with Gasteiger partial charge in [0.2, 0.25) is 0 Å². The smallest absolute Gasteiger partial charge is 0.387 e. The lowest BCUT2D eigenvalue weighted by Gasteiger charge is -2.68. The molecule has 0 saturated carbocycles. The molecule has 7 aliphatic rings. The van der Waals surface area contributed by atoms with Gasteiger partial charge < -0.3 is 49.7 Å². The van der Waals surface area contributed by atoms with Crippen molar-refractivity contribution in [2.45, 2.75) is 4.85 Å². The summed E-state index contributed by atoms with van der Waals surface area (Å²) in [7, 11) is -37.7. The molecule has 1 spiro atoms. The van der Waals surface area contributed by atoms with Gasteiger partial charge in [-0.2, -0.15) is 0 Å². The first-order valence-electron chi connectivity index (χ1n) is 22.7. The van der Waals surface area contributed by atoms with Crippen LogP contribution in [0.25, 0.3) is 0 Å². The Balaban J connectivity index is 1.24. The van der Waals surface area contributed by atoms with E-state index >= 15 is 0 Å². The number of rotatable bonds is 8. The molecule has 0 N–H and O–H groups in total. The lowest BCUT2D eigenvalue weighted by molar-refractivity contribution is -0.0187. The van der Waals surface area contributed by atoms with Gasteiger partial charge in [0.1, 0.15) is 0 Å². The van der Waals surface area contributed by atoms with E-state index in [1.54, 1.807) is 0 Å². The third-order valence-corrected chi connectivity index (χ3v) is 49.8.